The van der Waals surface area contributed by atoms with Gasteiger partial charge in [0.25, 0.3) is 0 Å². The maximum absolute atomic E-state index is 13.8. The zero-order chi connectivity index (χ0) is 14.1. The molecule has 108 valence electrons. The van der Waals surface area contributed by atoms with Crippen molar-refractivity contribution in [1.29, 1.82) is 0 Å². The summed E-state index contributed by atoms with van der Waals surface area (Å²) in [6, 6.07) is 5.18. The molecule has 0 bridgehead atoms. The molecule has 5 heteroatoms. The van der Waals surface area contributed by atoms with Gasteiger partial charge in [-0.3, -0.25) is 0 Å². The van der Waals surface area contributed by atoms with E-state index in [2.05, 4.69) is 20.8 Å². The molecular weight excluding hydrogens is 313 g/mol. The molecule has 0 fully saturated rings. The summed E-state index contributed by atoms with van der Waals surface area (Å²) in [5, 5.41) is 0.503. The van der Waals surface area contributed by atoms with Crippen LogP contribution in [0.25, 0.3) is 0 Å². The Bertz CT molecular complexity index is 376. The Morgan fingerprint density at radius 1 is 1.16 bits per heavy atom. The van der Waals surface area contributed by atoms with Crippen LogP contribution in [0.3, 0.4) is 0 Å². The van der Waals surface area contributed by atoms with Gasteiger partial charge in [-0.15, -0.1) is 0 Å². The Morgan fingerprint density at radius 3 is 2.53 bits per heavy atom. The quantitative estimate of drug-likeness (QED) is 0.511. The van der Waals surface area contributed by atoms with Crippen LogP contribution in [0.2, 0.25) is 0 Å². The minimum Gasteiger partial charge on any atom is -0.385 e. The smallest absolute Gasteiger partial charge is 0.129 e. The van der Waals surface area contributed by atoms with Gasteiger partial charge in [-0.25, -0.2) is 4.39 Å². The van der Waals surface area contributed by atoms with Gasteiger partial charge in [-0.2, -0.15) is 0 Å². The number of hydrogen-bond donors (Lipinski definition) is 0. The minimum absolute atomic E-state index is 0.177. The van der Waals surface area contributed by atoms with Gasteiger partial charge in [0.15, 0.2) is 0 Å². The molecule has 0 N–H and O–H groups in total. The van der Waals surface area contributed by atoms with Gasteiger partial charge in [-0.05, 0) is 18.6 Å². The van der Waals surface area contributed by atoms with Crippen LogP contribution in [-0.4, -0.2) is 40.5 Å². The lowest BCUT2D eigenvalue weighted by Gasteiger charge is -2.26. The molecule has 0 radical (unpaired) electrons. The van der Waals surface area contributed by atoms with Crippen LogP contribution in [0.4, 0.5) is 10.1 Å². The van der Waals surface area contributed by atoms with E-state index in [1.807, 2.05) is 6.07 Å². The van der Waals surface area contributed by atoms with Gasteiger partial charge in [0.2, 0.25) is 0 Å². The Kier molecular flexibility index (Phi) is 8.02. The number of ether oxygens (including phenoxy) is 2. The lowest BCUT2D eigenvalue weighted by molar-refractivity contribution is 0.191. The van der Waals surface area contributed by atoms with Crippen molar-refractivity contribution in [3.05, 3.63) is 29.6 Å². The van der Waals surface area contributed by atoms with E-state index < -0.39 is 0 Å². The molecule has 0 saturated carbocycles. The number of alkyl halides is 1. The monoisotopic (exact) mass is 333 g/mol. The fourth-order valence-electron chi connectivity index (χ4n) is 1.93. The van der Waals surface area contributed by atoms with Gasteiger partial charge in [0.05, 0.1) is 6.61 Å². The first kappa shape index (κ1) is 16.4. The molecule has 0 saturated heterocycles. The Morgan fingerprint density at radius 2 is 1.89 bits per heavy atom. The van der Waals surface area contributed by atoms with Crippen LogP contribution >= 0.6 is 15.9 Å². The highest BCUT2D eigenvalue weighted by Gasteiger charge is 2.13. The third-order valence-corrected chi connectivity index (χ3v) is 3.47. The fourth-order valence-corrected chi connectivity index (χ4v) is 2.48. The highest BCUT2D eigenvalue weighted by atomic mass is 79.9. The third kappa shape index (κ3) is 5.09. The van der Waals surface area contributed by atoms with Gasteiger partial charge in [-0.1, -0.05) is 22.0 Å². The average molecular weight is 334 g/mol. The number of rotatable bonds is 9. The zero-order valence-electron chi connectivity index (χ0n) is 11.5. The zero-order valence-corrected chi connectivity index (χ0v) is 13.1. The van der Waals surface area contributed by atoms with Crippen LogP contribution in [0, 0.1) is 5.82 Å². The van der Waals surface area contributed by atoms with E-state index in [1.165, 1.54) is 6.07 Å². The van der Waals surface area contributed by atoms with Crippen LogP contribution in [0.1, 0.15) is 12.0 Å². The van der Waals surface area contributed by atoms with Crippen LogP contribution < -0.4 is 4.90 Å². The lowest BCUT2D eigenvalue weighted by atomic mass is 10.1. The summed E-state index contributed by atoms with van der Waals surface area (Å²) >= 11 is 3.35. The average Bonchev–Trinajstić information content (AvgIpc) is 2.42. The van der Waals surface area contributed by atoms with Crippen molar-refractivity contribution >= 4 is 21.6 Å². The van der Waals surface area contributed by atoms with Crippen LogP contribution in [-0.2, 0) is 14.8 Å². The van der Waals surface area contributed by atoms with Crippen molar-refractivity contribution in [3.63, 3.8) is 0 Å². The minimum atomic E-state index is -0.177. The summed E-state index contributed by atoms with van der Waals surface area (Å²) < 4.78 is 24.0. The maximum atomic E-state index is 13.8. The molecule has 0 heterocycles. The molecule has 19 heavy (non-hydrogen) atoms. The number of methoxy groups -OCH3 is 2. The second-order valence-electron chi connectivity index (χ2n) is 4.20. The molecule has 0 unspecified atom stereocenters. The van der Waals surface area contributed by atoms with E-state index in [1.54, 1.807) is 20.3 Å². The van der Waals surface area contributed by atoms with Crippen LogP contribution in [0.5, 0.6) is 0 Å². The largest absolute Gasteiger partial charge is 0.385 e. The van der Waals surface area contributed by atoms with E-state index in [4.69, 9.17) is 9.47 Å². The van der Waals surface area contributed by atoms with E-state index in [0.29, 0.717) is 24.1 Å². The van der Waals surface area contributed by atoms with Crippen molar-refractivity contribution in [3.8, 4) is 0 Å². The summed E-state index contributed by atoms with van der Waals surface area (Å²) in [6.45, 7) is 2.87. The molecule has 0 amide bonds. The second kappa shape index (κ2) is 9.28. The molecule has 0 aliphatic heterocycles. The summed E-state index contributed by atoms with van der Waals surface area (Å²) in [7, 11) is 3.36. The van der Waals surface area contributed by atoms with Crippen molar-refractivity contribution in [2.75, 3.05) is 45.4 Å². The summed E-state index contributed by atoms with van der Waals surface area (Å²) in [5.74, 6) is -0.177. The Hall–Kier alpha value is -0.650. The number of hydrogen-bond acceptors (Lipinski definition) is 3. The highest BCUT2D eigenvalue weighted by Crippen LogP contribution is 2.25. The van der Waals surface area contributed by atoms with E-state index in [-0.39, 0.29) is 5.82 Å². The fraction of sp³-hybridized carbons (Fsp3) is 0.571. The first-order chi connectivity index (χ1) is 9.24. The number of halogens is 2. The molecule has 0 aromatic heterocycles. The highest BCUT2D eigenvalue weighted by molar-refractivity contribution is 9.08. The maximum Gasteiger partial charge on any atom is 0.129 e. The molecule has 1 rings (SSSR count). The van der Waals surface area contributed by atoms with Crippen molar-refractivity contribution in [2.45, 2.75) is 11.8 Å². The standard InChI is InChI=1S/C14H21BrFNO2/c1-18-9-4-7-17(8-10-19-2)14-6-3-5-13(16)12(14)11-15/h3,5-6H,4,7-11H2,1-2H3. The molecule has 1 aromatic carbocycles. The molecular formula is C14H21BrFNO2. The Labute approximate surface area is 122 Å². The van der Waals surface area contributed by atoms with E-state index in [0.717, 1.165) is 25.2 Å². The predicted octanol–water partition coefficient (Wildman–Crippen LogP) is 3.21. The number of anilines is 1. The molecule has 0 aliphatic carbocycles. The first-order valence-electron chi connectivity index (χ1n) is 6.30. The molecule has 0 aliphatic rings. The number of benzene rings is 1. The topological polar surface area (TPSA) is 21.7 Å². The SMILES string of the molecule is COCCCN(CCOC)c1cccc(F)c1CBr. The van der Waals surface area contributed by atoms with E-state index in [9.17, 15) is 4.39 Å². The second-order valence-corrected chi connectivity index (χ2v) is 4.76. The third-order valence-electron chi connectivity index (χ3n) is 2.91. The molecule has 1 aromatic rings. The summed E-state index contributed by atoms with van der Waals surface area (Å²) in [4.78, 5) is 2.14. The lowest BCUT2D eigenvalue weighted by Crippen LogP contribution is -2.30. The first-order valence-corrected chi connectivity index (χ1v) is 7.43. The van der Waals surface area contributed by atoms with Crippen molar-refractivity contribution < 1.29 is 13.9 Å². The summed E-state index contributed by atoms with van der Waals surface area (Å²) in [5.41, 5.74) is 1.61. The molecule has 0 atom stereocenters. The molecule has 0 spiro atoms. The van der Waals surface area contributed by atoms with E-state index >= 15 is 0 Å². The summed E-state index contributed by atoms with van der Waals surface area (Å²) in [6.07, 6.45) is 0.901. The van der Waals surface area contributed by atoms with Gasteiger partial charge in [0.1, 0.15) is 5.82 Å². The van der Waals surface area contributed by atoms with Crippen LogP contribution in [0.15, 0.2) is 18.2 Å². The van der Waals surface area contributed by atoms with Gasteiger partial charge < -0.3 is 14.4 Å². The predicted molar refractivity (Wildman–Crippen MR) is 79.6 cm³/mol. The number of nitrogens with zero attached hydrogens (tertiary/aromatic N) is 1. The molecule has 3 nitrogen and oxygen atoms in total. The van der Waals surface area contributed by atoms with Crippen molar-refractivity contribution in [1.82, 2.24) is 0 Å². The Balaban J connectivity index is 2.85. The van der Waals surface area contributed by atoms with Gasteiger partial charge in [0, 0.05) is 50.5 Å². The van der Waals surface area contributed by atoms with Gasteiger partial charge >= 0.3 is 0 Å². The van der Waals surface area contributed by atoms with Crippen molar-refractivity contribution in [2.24, 2.45) is 0 Å². The normalized spacial score (nSPS) is 10.7.